The van der Waals surface area contributed by atoms with Crippen molar-refractivity contribution >= 4 is 34.1 Å². The molecule has 5 heteroatoms. The van der Waals surface area contributed by atoms with Crippen LogP contribution in [0.15, 0.2) is 79.0 Å². The van der Waals surface area contributed by atoms with Gasteiger partial charge < -0.3 is 9.88 Å². The first-order valence-corrected chi connectivity index (χ1v) is 12.8. The maximum absolute atomic E-state index is 12.1. The van der Waals surface area contributed by atoms with Gasteiger partial charge in [0.25, 0.3) is 0 Å². The summed E-state index contributed by atoms with van der Waals surface area (Å²) in [6, 6.07) is 25.0. The van der Waals surface area contributed by atoms with Crippen LogP contribution in [0.4, 0.5) is 5.69 Å². The third-order valence-corrected chi connectivity index (χ3v) is 7.36. The summed E-state index contributed by atoms with van der Waals surface area (Å²) in [5, 5.41) is 5.08. The topological polar surface area (TPSA) is 37.3 Å². The van der Waals surface area contributed by atoms with E-state index in [1.165, 1.54) is 22.0 Å². The first kappa shape index (κ1) is 23.7. The summed E-state index contributed by atoms with van der Waals surface area (Å²) in [6.45, 7) is 6.87. The van der Waals surface area contributed by atoms with Crippen LogP contribution in [-0.4, -0.2) is 28.5 Å². The summed E-state index contributed by atoms with van der Waals surface area (Å²) in [7, 11) is 0. The van der Waals surface area contributed by atoms with Crippen molar-refractivity contribution < 1.29 is 4.79 Å². The van der Waals surface area contributed by atoms with Crippen LogP contribution in [0.25, 0.3) is 16.6 Å². The highest BCUT2D eigenvalue weighted by Crippen LogP contribution is 2.33. The van der Waals surface area contributed by atoms with Gasteiger partial charge in [0.15, 0.2) is 0 Å². The highest BCUT2D eigenvalue weighted by molar-refractivity contribution is 6.32. The Hall–Kier alpha value is -3.08. The number of nitrogens with zero attached hydrogens (tertiary/aromatic N) is 2. The number of carbonyl (C=O) groups excluding carboxylic acids is 1. The van der Waals surface area contributed by atoms with Crippen molar-refractivity contribution in [3.05, 3.63) is 95.1 Å². The standard InChI is InChI=1S/C30H32ClN3O/c1-21(2)30(35)32-25-9-7-8-23(18-25)22-14-16-33(17-15-22)19-24-20-34(28-12-5-3-10-26(24)28)29-13-6-4-11-27(29)31/h3-13,18,20-22H,14-17,19H2,1-2H3,(H,32,35). The number of hydrogen-bond donors (Lipinski definition) is 1. The van der Waals surface area contributed by atoms with Crippen molar-refractivity contribution in [1.82, 2.24) is 9.47 Å². The van der Waals surface area contributed by atoms with Crippen LogP contribution in [0.2, 0.25) is 5.02 Å². The molecular weight excluding hydrogens is 454 g/mol. The van der Waals surface area contributed by atoms with E-state index < -0.39 is 0 Å². The van der Waals surface area contributed by atoms with Crippen LogP contribution < -0.4 is 5.32 Å². The van der Waals surface area contributed by atoms with E-state index in [2.05, 4.69) is 69.5 Å². The van der Waals surface area contributed by atoms with Crippen molar-refractivity contribution in [3.63, 3.8) is 0 Å². The Bertz CT molecular complexity index is 1330. The second-order valence-corrected chi connectivity index (χ2v) is 10.2. The Morgan fingerprint density at radius 1 is 1.00 bits per heavy atom. The third-order valence-electron chi connectivity index (χ3n) is 7.04. The summed E-state index contributed by atoms with van der Waals surface area (Å²) in [5.41, 5.74) is 5.75. The molecule has 1 N–H and O–H groups in total. The molecule has 1 aliphatic heterocycles. The number of carbonyl (C=O) groups is 1. The van der Waals surface area contributed by atoms with Gasteiger partial charge in [-0.25, -0.2) is 0 Å². The van der Waals surface area contributed by atoms with Gasteiger partial charge in [-0.15, -0.1) is 0 Å². The molecule has 4 aromatic rings. The lowest BCUT2D eigenvalue weighted by Crippen LogP contribution is -2.32. The number of rotatable bonds is 6. The van der Waals surface area contributed by atoms with E-state index in [9.17, 15) is 4.79 Å². The summed E-state index contributed by atoms with van der Waals surface area (Å²) in [5.74, 6) is 0.560. The zero-order valence-corrected chi connectivity index (χ0v) is 21.1. The van der Waals surface area contributed by atoms with Crippen molar-refractivity contribution in [2.45, 2.75) is 39.2 Å². The van der Waals surface area contributed by atoms with Gasteiger partial charge in [0.05, 0.1) is 16.2 Å². The maximum atomic E-state index is 12.1. The molecule has 35 heavy (non-hydrogen) atoms. The zero-order valence-electron chi connectivity index (χ0n) is 20.4. The minimum absolute atomic E-state index is 0.0224. The van der Waals surface area contributed by atoms with E-state index in [4.69, 9.17) is 11.6 Å². The zero-order chi connectivity index (χ0) is 24.4. The fourth-order valence-electron chi connectivity index (χ4n) is 5.04. The van der Waals surface area contributed by atoms with Gasteiger partial charge in [-0.05, 0) is 73.3 Å². The molecular formula is C30H32ClN3O. The molecule has 2 heterocycles. The number of likely N-dealkylation sites (tertiary alicyclic amines) is 1. The van der Waals surface area contributed by atoms with Gasteiger partial charge in [0.1, 0.15) is 0 Å². The van der Waals surface area contributed by atoms with Crippen molar-refractivity contribution in [2.24, 2.45) is 5.92 Å². The number of para-hydroxylation sites is 2. The maximum Gasteiger partial charge on any atom is 0.226 e. The molecule has 1 saturated heterocycles. The molecule has 0 saturated carbocycles. The number of fused-ring (bicyclic) bond motifs is 1. The number of piperidine rings is 1. The van der Waals surface area contributed by atoms with Crippen molar-refractivity contribution in [3.8, 4) is 5.69 Å². The molecule has 0 unspecified atom stereocenters. The molecule has 0 bridgehead atoms. The van der Waals surface area contributed by atoms with E-state index in [-0.39, 0.29) is 11.8 Å². The van der Waals surface area contributed by atoms with E-state index in [1.807, 2.05) is 38.1 Å². The molecule has 0 aliphatic carbocycles. The summed E-state index contributed by atoms with van der Waals surface area (Å²) >= 11 is 6.53. The summed E-state index contributed by atoms with van der Waals surface area (Å²) in [6.07, 6.45) is 4.48. The number of nitrogens with one attached hydrogen (secondary N) is 1. The number of halogens is 1. The molecule has 0 atom stereocenters. The molecule has 4 nitrogen and oxygen atoms in total. The molecule has 1 amide bonds. The number of anilines is 1. The third kappa shape index (κ3) is 5.14. The van der Waals surface area contributed by atoms with Gasteiger partial charge >= 0.3 is 0 Å². The minimum Gasteiger partial charge on any atom is -0.326 e. The second kappa shape index (κ2) is 10.3. The molecule has 5 rings (SSSR count). The van der Waals surface area contributed by atoms with Crippen LogP contribution >= 0.6 is 11.6 Å². The highest BCUT2D eigenvalue weighted by atomic mass is 35.5. The largest absolute Gasteiger partial charge is 0.326 e. The molecule has 0 spiro atoms. The fraction of sp³-hybridized carbons (Fsp3) is 0.300. The lowest BCUT2D eigenvalue weighted by atomic mass is 9.89. The highest BCUT2D eigenvalue weighted by Gasteiger charge is 2.22. The van der Waals surface area contributed by atoms with E-state index in [1.54, 1.807) is 0 Å². The second-order valence-electron chi connectivity index (χ2n) is 9.81. The lowest BCUT2D eigenvalue weighted by molar-refractivity contribution is -0.118. The van der Waals surface area contributed by atoms with E-state index in [0.717, 1.165) is 48.9 Å². The quantitative estimate of drug-likeness (QED) is 0.312. The number of benzene rings is 3. The fourth-order valence-corrected chi connectivity index (χ4v) is 5.27. The van der Waals surface area contributed by atoms with E-state index in [0.29, 0.717) is 5.92 Å². The van der Waals surface area contributed by atoms with Gasteiger partial charge in [-0.2, -0.15) is 0 Å². The van der Waals surface area contributed by atoms with Gasteiger partial charge in [-0.3, -0.25) is 9.69 Å². The SMILES string of the molecule is CC(C)C(=O)Nc1cccc(C2CCN(Cc3cn(-c4ccccc4Cl)c4ccccc34)CC2)c1. The monoisotopic (exact) mass is 485 g/mol. The molecule has 180 valence electrons. The normalized spacial score (nSPS) is 15.1. The smallest absolute Gasteiger partial charge is 0.226 e. The Morgan fingerprint density at radius 2 is 1.74 bits per heavy atom. The van der Waals surface area contributed by atoms with E-state index >= 15 is 0 Å². The van der Waals surface area contributed by atoms with Crippen molar-refractivity contribution in [2.75, 3.05) is 18.4 Å². The first-order chi connectivity index (χ1) is 17.0. The number of amides is 1. The summed E-state index contributed by atoms with van der Waals surface area (Å²) < 4.78 is 2.22. The molecule has 1 aliphatic rings. The average molecular weight is 486 g/mol. The van der Waals surface area contributed by atoms with Gasteiger partial charge in [0, 0.05) is 29.7 Å². The number of hydrogen-bond acceptors (Lipinski definition) is 2. The van der Waals surface area contributed by atoms with Crippen LogP contribution in [0.5, 0.6) is 0 Å². The van der Waals surface area contributed by atoms with Crippen LogP contribution in [0.1, 0.15) is 43.7 Å². The average Bonchev–Trinajstić information content (AvgIpc) is 3.23. The van der Waals surface area contributed by atoms with Gasteiger partial charge in [0.2, 0.25) is 5.91 Å². The van der Waals surface area contributed by atoms with Crippen molar-refractivity contribution in [1.29, 1.82) is 0 Å². The Labute approximate surface area is 212 Å². The first-order valence-electron chi connectivity index (χ1n) is 12.5. The number of aromatic nitrogens is 1. The van der Waals surface area contributed by atoms with Crippen LogP contribution in [0.3, 0.4) is 0 Å². The molecule has 1 aromatic heterocycles. The van der Waals surface area contributed by atoms with Crippen LogP contribution in [0, 0.1) is 5.92 Å². The summed E-state index contributed by atoms with van der Waals surface area (Å²) in [4.78, 5) is 14.6. The van der Waals surface area contributed by atoms with Gasteiger partial charge in [-0.1, -0.05) is 67.9 Å². The predicted molar refractivity (Wildman–Crippen MR) is 145 cm³/mol. The predicted octanol–water partition coefficient (Wildman–Crippen LogP) is 7.26. The lowest BCUT2D eigenvalue weighted by Gasteiger charge is -2.32. The Morgan fingerprint density at radius 3 is 2.51 bits per heavy atom. The van der Waals surface area contributed by atoms with Crippen LogP contribution in [-0.2, 0) is 11.3 Å². The Balaban J connectivity index is 1.29. The molecule has 1 fully saturated rings. The molecule has 0 radical (unpaired) electrons. The minimum atomic E-state index is -0.0224. The molecule has 3 aromatic carbocycles. The Kier molecular flexibility index (Phi) is 6.94.